The van der Waals surface area contributed by atoms with Crippen molar-refractivity contribution in [3.05, 3.63) is 64.3 Å². The van der Waals surface area contributed by atoms with Crippen LogP contribution in [0.2, 0.25) is 0 Å². The van der Waals surface area contributed by atoms with Gasteiger partial charge in [-0.05, 0) is 76.4 Å². The minimum atomic E-state index is -0.195. The molecule has 0 aliphatic heterocycles. The zero-order valence-corrected chi connectivity index (χ0v) is 15.7. The molecule has 7 heteroatoms. The lowest BCUT2D eigenvalue weighted by Gasteiger charge is -2.10. The lowest BCUT2D eigenvalue weighted by Crippen LogP contribution is -2.29. The number of aromatic amines is 1. The molecular weight excluding hydrogens is 429 g/mol. The first-order valence-corrected chi connectivity index (χ1v) is 9.03. The standard InChI is InChI=1S/C18H18IN5O/c19-17-10-15(3-4-16(17)14-5-8-20-9-6-14)24-18(25)21-7-1-2-13-11-22-23-12-13/h3-6,8-12H,1-2,7H2,(H,22,23)(H2,21,24,25). The summed E-state index contributed by atoms with van der Waals surface area (Å²) in [6, 6.07) is 9.62. The Balaban J connectivity index is 1.50. The van der Waals surface area contributed by atoms with E-state index in [4.69, 9.17) is 0 Å². The van der Waals surface area contributed by atoms with Crippen molar-refractivity contribution in [2.24, 2.45) is 0 Å². The van der Waals surface area contributed by atoms with Gasteiger partial charge in [0.15, 0.2) is 0 Å². The second-order valence-electron chi connectivity index (χ2n) is 5.52. The second kappa shape index (κ2) is 8.61. The Morgan fingerprint density at radius 2 is 2.04 bits per heavy atom. The number of rotatable bonds is 6. The summed E-state index contributed by atoms with van der Waals surface area (Å²) in [6.07, 6.45) is 8.96. The van der Waals surface area contributed by atoms with Gasteiger partial charge in [0.2, 0.25) is 0 Å². The van der Waals surface area contributed by atoms with Gasteiger partial charge in [-0.25, -0.2) is 4.79 Å². The molecule has 3 aromatic rings. The average Bonchev–Trinajstić information content (AvgIpc) is 3.13. The molecule has 128 valence electrons. The van der Waals surface area contributed by atoms with Crippen LogP contribution in [0.4, 0.5) is 10.5 Å². The van der Waals surface area contributed by atoms with E-state index in [1.54, 1.807) is 18.6 Å². The van der Waals surface area contributed by atoms with E-state index in [2.05, 4.69) is 48.4 Å². The molecule has 0 bridgehead atoms. The predicted molar refractivity (Wildman–Crippen MR) is 106 cm³/mol. The zero-order chi connectivity index (χ0) is 17.5. The van der Waals surface area contributed by atoms with Gasteiger partial charge in [-0.2, -0.15) is 5.10 Å². The summed E-state index contributed by atoms with van der Waals surface area (Å²) < 4.78 is 1.07. The van der Waals surface area contributed by atoms with E-state index in [-0.39, 0.29) is 6.03 Å². The molecule has 0 saturated heterocycles. The van der Waals surface area contributed by atoms with Crippen LogP contribution in [0.5, 0.6) is 0 Å². The molecule has 0 aliphatic carbocycles. The first kappa shape index (κ1) is 17.4. The Morgan fingerprint density at radius 3 is 2.76 bits per heavy atom. The minimum Gasteiger partial charge on any atom is -0.338 e. The number of carbonyl (C=O) groups is 1. The van der Waals surface area contributed by atoms with Crippen molar-refractivity contribution in [3.8, 4) is 11.1 Å². The average molecular weight is 447 g/mol. The summed E-state index contributed by atoms with van der Waals surface area (Å²) in [5.74, 6) is 0. The number of anilines is 1. The molecule has 1 aromatic carbocycles. The van der Waals surface area contributed by atoms with Gasteiger partial charge in [0, 0.05) is 34.4 Å². The van der Waals surface area contributed by atoms with Crippen LogP contribution >= 0.6 is 22.6 Å². The fraction of sp³-hybridized carbons (Fsp3) is 0.167. The van der Waals surface area contributed by atoms with Gasteiger partial charge in [0.05, 0.1) is 6.20 Å². The molecule has 6 nitrogen and oxygen atoms in total. The highest BCUT2D eigenvalue weighted by molar-refractivity contribution is 14.1. The first-order chi connectivity index (χ1) is 12.2. The molecule has 0 saturated carbocycles. The summed E-state index contributed by atoms with van der Waals surface area (Å²) in [7, 11) is 0. The SMILES string of the molecule is O=C(NCCCc1cn[nH]c1)Nc1ccc(-c2ccncc2)c(I)c1. The van der Waals surface area contributed by atoms with Crippen LogP contribution in [0.3, 0.4) is 0 Å². The highest BCUT2D eigenvalue weighted by atomic mass is 127. The number of benzene rings is 1. The lowest BCUT2D eigenvalue weighted by atomic mass is 10.1. The smallest absolute Gasteiger partial charge is 0.319 e. The summed E-state index contributed by atoms with van der Waals surface area (Å²) in [6.45, 7) is 0.614. The largest absolute Gasteiger partial charge is 0.338 e. The maximum Gasteiger partial charge on any atom is 0.319 e. The number of halogens is 1. The second-order valence-corrected chi connectivity index (χ2v) is 6.68. The monoisotopic (exact) mass is 447 g/mol. The molecule has 2 aromatic heterocycles. The Morgan fingerprint density at radius 1 is 1.20 bits per heavy atom. The van der Waals surface area contributed by atoms with Crippen LogP contribution in [-0.4, -0.2) is 27.8 Å². The summed E-state index contributed by atoms with van der Waals surface area (Å²) in [5.41, 5.74) is 4.14. The molecule has 0 fully saturated rings. The Labute approximate surface area is 159 Å². The van der Waals surface area contributed by atoms with Crippen LogP contribution in [0.1, 0.15) is 12.0 Å². The van der Waals surface area contributed by atoms with Crippen LogP contribution in [0.25, 0.3) is 11.1 Å². The molecule has 0 aliphatic rings. The molecule has 2 heterocycles. The summed E-state index contributed by atoms with van der Waals surface area (Å²) in [5, 5.41) is 12.4. The van der Waals surface area contributed by atoms with Gasteiger partial charge in [-0.3, -0.25) is 10.1 Å². The molecule has 0 atom stereocenters. The van der Waals surface area contributed by atoms with Crippen LogP contribution in [-0.2, 0) is 6.42 Å². The van der Waals surface area contributed by atoms with Crippen LogP contribution in [0, 0.1) is 3.57 Å². The van der Waals surface area contributed by atoms with E-state index in [1.165, 1.54) is 0 Å². The normalized spacial score (nSPS) is 10.4. The zero-order valence-electron chi connectivity index (χ0n) is 13.5. The molecule has 0 spiro atoms. The fourth-order valence-corrected chi connectivity index (χ4v) is 3.27. The minimum absolute atomic E-state index is 0.195. The van der Waals surface area contributed by atoms with Gasteiger partial charge in [-0.1, -0.05) is 6.07 Å². The number of nitrogens with zero attached hydrogens (tertiary/aromatic N) is 2. The van der Waals surface area contributed by atoms with Crippen molar-refractivity contribution >= 4 is 34.3 Å². The van der Waals surface area contributed by atoms with Crippen molar-refractivity contribution in [2.75, 3.05) is 11.9 Å². The number of amides is 2. The number of H-pyrrole nitrogens is 1. The van der Waals surface area contributed by atoms with Gasteiger partial charge >= 0.3 is 6.03 Å². The molecule has 3 N–H and O–H groups in total. The van der Waals surface area contributed by atoms with E-state index in [0.717, 1.165) is 38.8 Å². The van der Waals surface area contributed by atoms with Gasteiger partial charge < -0.3 is 10.6 Å². The predicted octanol–water partition coefficient (Wildman–Crippen LogP) is 3.83. The highest BCUT2D eigenvalue weighted by Gasteiger charge is 2.06. The molecule has 3 rings (SSSR count). The maximum atomic E-state index is 12.0. The number of pyridine rings is 1. The van der Waals surface area contributed by atoms with E-state index < -0.39 is 0 Å². The third-order valence-corrected chi connectivity index (χ3v) is 4.59. The summed E-state index contributed by atoms with van der Waals surface area (Å²) >= 11 is 2.28. The quantitative estimate of drug-likeness (QED) is 0.397. The highest BCUT2D eigenvalue weighted by Crippen LogP contribution is 2.27. The molecule has 0 radical (unpaired) electrons. The van der Waals surface area contributed by atoms with Crippen LogP contribution in [0.15, 0.2) is 55.1 Å². The van der Waals surface area contributed by atoms with Gasteiger partial charge in [-0.15, -0.1) is 0 Å². The topological polar surface area (TPSA) is 82.7 Å². The van der Waals surface area contributed by atoms with E-state index in [0.29, 0.717) is 6.54 Å². The van der Waals surface area contributed by atoms with Crippen molar-refractivity contribution in [3.63, 3.8) is 0 Å². The van der Waals surface area contributed by atoms with Crippen molar-refractivity contribution in [1.29, 1.82) is 0 Å². The van der Waals surface area contributed by atoms with Crippen molar-refractivity contribution in [2.45, 2.75) is 12.8 Å². The number of hydrogen-bond acceptors (Lipinski definition) is 3. The maximum absolute atomic E-state index is 12.0. The Hall–Kier alpha value is -2.42. The first-order valence-electron chi connectivity index (χ1n) is 7.95. The fourth-order valence-electron chi connectivity index (χ4n) is 2.44. The molecular formula is C18H18IN5O. The number of carbonyl (C=O) groups excluding carboxylic acids is 1. The van der Waals surface area contributed by atoms with Gasteiger partial charge in [0.1, 0.15) is 0 Å². The lowest BCUT2D eigenvalue weighted by molar-refractivity contribution is 0.252. The van der Waals surface area contributed by atoms with Gasteiger partial charge in [0.25, 0.3) is 0 Å². The van der Waals surface area contributed by atoms with E-state index in [1.807, 2.05) is 36.5 Å². The number of urea groups is 1. The van der Waals surface area contributed by atoms with Crippen molar-refractivity contribution in [1.82, 2.24) is 20.5 Å². The van der Waals surface area contributed by atoms with E-state index in [9.17, 15) is 4.79 Å². The van der Waals surface area contributed by atoms with Crippen molar-refractivity contribution < 1.29 is 4.79 Å². The number of aromatic nitrogens is 3. The Kier molecular flexibility index (Phi) is 5.99. The van der Waals surface area contributed by atoms with E-state index >= 15 is 0 Å². The molecule has 25 heavy (non-hydrogen) atoms. The summed E-state index contributed by atoms with van der Waals surface area (Å²) in [4.78, 5) is 16.0. The van der Waals surface area contributed by atoms with Crippen LogP contribution < -0.4 is 10.6 Å². The third-order valence-electron chi connectivity index (χ3n) is 3.70. The number of hydrogen-bond donors (Lipinski definition) is 3. The molecule has 0 unspecified atom stereocenters. The Bertz CT molecular complexity index is 821. The molecule has 2 amide bonds. The number of nitrogens with one attached hydrogen (secondary N) is 3. The third kappa shape index (κ3) is 5.02. The number of aryl methyl sites for hydroxylation is 1.